The van der Waals surface area contributed by atoms with Crippen molar-refractivity contribution in [2.24, 2.45) is 5.92 Å². The molecular formula is C23H21N7O. The maximum Gasteiger partial charge on any atom is 0.181 e. The van der Waals surface area contributed by atoms with Crippen molar-refractivity contribution in [3.05, 3.63) is 55.1 Å². The normalized spacial score (nSPS) is 15.3. The van der Waals surface area contributed by atoms with Gasteiger partial charge in [-0.2, -0.15) is 5.10 Å². The van der Waals surface area contributed by atoms with Gasteiger partial charge >= 0.3 is 0 Å². The first-order valence-electron chi connectivity index (χ1n) is 10.4. The van der Waals surface area contributed by atoms with E-state index in [1.54, 1.807) is 24.8 Å². The maximum atomic E-state index is 10.3. The van der Waals surface area contributed by atoms with Crippen LogP contribution in [0.3, 0.4) is 0 Å². The first-order chi connectivity index (χ1) is 15.2. The van der Waals surface area contributed by atoms with Gasteiger partial charge in [-0.05, 0) is 43.2 Å². The molecule has 8 heteroatoms. The average molecular weight is 411 g/mol. The fraction of sp³-hybridized carbons (Fsp3) is 0.217. The van der Waals surface area contributed by atoms with Crippen LogP contribution >= 0.6 is 0 Å². The monoisotopic (exact) mass is 411 g/mol. The highest BCUT2D eigenvalue weighted by Crippen LogP contribution is 2.32. The molecule has 1 atom stereocenters. The maximum absolute atomic E-state index is 10.3. The lowest BCUT2D eigenvalue weighted by molar-refractivity contribution is 0.0851. The number of rotatable bonds is 5. The lowest BCUT2D eigenvalue weighted by Crippen LogP contribution is -2.33. The van der Waals surface area contributed by atoms with Crippen LogP contribution in [0.2, 0.25) is 0 Å². The Morgan fingerprint density at radius 3 is 2.81 bits per heavy atom. The number of hydrogen-bond donors (Lipinski definition) is 4. The molecule has 154 valence electrons. The second-order valence-corrected chi connectivity index (χ2v) is 8.06. The molecule has 0 radical (unpaired) electrons. The molecular weight excluding hydrogens is 390 g/mol. The smallest absolute Gasteiger partial charge is 0.181 e. The Hall–Kier alpha value is -3.78. The van der Waals surface area contributed by atoms with E-state index < -0.39 is 6.23 Å². The van der Waals surface area contributed by atoms with E-state index in [9.17, 15) is 5.11 Å². The van der Waals surface area contributed by atoms with Crippen molar-refractivity contribution in [2.75, 3.05) is 5.32 Å². The van der Waals surface area contributed by atoms with Crippen LogP contribution in [0.4, 0.5) is 5.69 Å². The van der Waals surface area contributed by atoms with Crippen molar-refractivity contribution in [1.82, 2.24) is 30.1 Å². The van der Waals surface area contributed by atoms with E-state index in [4.69, 9.17) is 0 Å². The Kier molecular flexibility index (Phi) is 4.17. The molecule has 0 amide bonds. The van der Waals surface area contributed by atoms with Crippen molar-refractivity contribution in [3.8, 4) is 22.5 Å². The van der Waals surface area contributed by atoms with E-state index in [-0.39, 0.29) is 0 Å². The van der Waals surface area contributed by atoms with Gasteiger partial charge in [-0.3, -0.25) is 10.1 Å². The minimum Gasteiger partial charge on any atom is -0.374 e. The summed E-state index contributed by atoms with van der Waals surface area (Å²) >= 11 is 0. The lowest BCUT2D eigenvalue weighted by atomic mass is 9.84. The number of anilines is 1. The second kappa shape index (κ2) is 7.17. The third-order valence-electron chi connectivity index (χ3n) is 6.05. The van der Waals surface area contributed by atoms with Crippen LogP contribution in [-0.4, -0.2) is 41.5 Å². The molecule has 5 heterocycles. The predicted octanol–water partition coefficient (Wildman–Crippen LogP) is 4.09. The van der Waals surface area contributed by atoms with Crippen molar-refractivity contribution in [1.29, 1.82) is 0 Å². The highest BCUT2D eigenvalue weighted by molar-refractivity contribution is 5.95. The van der Waals surface area contributed by atoms with Gasteiger partial charge in [0.2, 0.25) is 0 Å². The topological polar surface area (TPSA) is 115 Å². The zero-order valence-electron chi connectivity index (χ0n) is 16.7. The molecule has 0 saturated heterocycles. The molecule has 0 aliphatic heterocycles. The Balaban J connectivity index is 1.36. The third-order valence-corrected chi connectivity index (χ3v) is 6.05. The predicted molar refractivity (Wildman–Crippen MR) is 119 cm³/mol. The van der Waals surface area contributed by atoms with E-state index >= 15 is 0 Å². The highest BCUT2D eigenvalue weighted by Gasteiger charge is 2.25. The Labute approximate surface area is 177 Å². The van der Waals surface area contributed by atoms with Gasteiger partial charge in [0.15, 0.2) is 5.65 Å². The van der Waals surface area contributed by atoms with E-state index in [1.807, 2.05) is 18.2 Å². The molecule has 1 saturated carbocycles. The standard InChI is InChI=1S/C23H21N7O/c31-23(13-3-1-4-13)27-17-7-15(10-24-12-17)16-8-18-20(29-30-22(18)26-11-16)19-9-14-5-2-6-25-21(14)28-19/h2,5-13,23,27,31H,1,3-4H2,(H,25,28)(H,26,29,30). The molecule has 1 fully saturated rings. The number of aliphatic hydroxyl groups excluding tert-OH is 1. The van der Waals surface area contributed by atoms with Crippen LogP contribution in [-0.2, 0) is 0 Å². The number of aromatic amines is 2. The molecule has 5 aromatic rings. The fourth-order valence-electron chi connectivity index (χ4n) is 4.08. The largest absolute Gasteiger partial charge is 0.374 e. The summed E-state index contributed by atoms with van der Waals surface area (Å²) < 4.78 is 0. The van der Waals surface area contributed by atoms with E-state index in [1.165, 1.54) is 6.42 Å². The summed E-state index contributed by atoms with van der Waals surface area (Å²) in [5.74, 6) is 0.320. The van der Waals surface area contributed by atoms with Crippen LogP contribution in [0.25, 0.3) is 44.6 Å². The molecule has 5 aromatic heterocycles. The lowest BCUT2D eigenvalue weighted by Gasteiger charge is -2.31. The number of nitrogens with zero attached hydrogens (tertiary/aromatic N) is 4. The fourth-order valence-corrected chi connectivity index (χ4v) is 4.08. The molecule has 1 unspecified atom stereocenters. The first-order valence-corrected chi connectivity index (χ1v) is 10.4. The van der Waals surface area contributed by atoms with Crippen molar-refractivity contribution < 1.29 is 5.11 Å². The molecule has 4 N–H and O–H groups in total. The zero-order chi connectivity index (χ0) is 20.8. The number of aromatic nitrogens is 6. The summed E-state index contributed by atoms with van der Waals surface area (Å²) in [6.07, 6.45) is 9.87. The Morgan fingerprint density at radius 1 is 1.06 bits per heavy atom. The number of fused-ring (bicyclic) bond motifs is 2. The highest BCUT2D eigenvalue weighted by atomic mass is 16.3. The van der Waals surface area contributed by atoms with Crippen molar-refractivity contribution >= 4 is 27.8 Å². The van der Waals surface area contributed by atoms with Crippen LogP contribution in [0, 0.1) is 5.92 Å². The summed E-state index contributed by atoms with van der Waals surface area (Å²) in [5, 5.41) is 22.9. The van der Waals surface area contributed by atoms with Gasteiger partial charge in [-0.15, -0.1) is 0 Å². The van der Waals surface area contributed by atoms with Gasteiger partial charge in [0, 0.05) is 46.4 Å². The molecule has 1 aliphatic carbocycles. The van der Waals surface area contributed by atoms with Gasteiger partial charge in [0.05, 0.1) is 23.3 Å². The minimum absolute atomic E-state index is 0.320. The van der Waals surface area contributed by atoms with Gasteiger partial charge in [-0.25, -0.2) is 9.97 Å². The van der Waals surface area contributed by atoms with Crippen molar-refractivity contribution in [2.45, 2.75) is 25.5 Å². The average Bonchev–Trinajstić information content (AvgIpc) is 3.36. The molecule has 6 rings (SSSR count). The van der Waals surface area contributed by atoms with Crippen LogP contribution < -0.4 is 5.32 Å². The number of hydrogen-bond acceptors (Lipinski definition) is 6. The summed E-state index contributed by atoms with van der Waals surface area (Å²) in [5.41, 5.74) is 5.90. The summed E-state index contributed by atoms with van der Waals surface area (Å²) in [4.78, 5) is 16.6. The van der Waals surface area contributed by atoms with Gasteiger partial charge in [-0.1, -0.05) is 6.42 Å². The van der Waals surface area contributed by atoms with E-state index in [0.717, 1.165) is 57.5 Å². The van der Waals surface area contributed by atoms with Crippen molar-refractivity contribution in [3.63, 3.8) is 0 Å². The van der Waals surface area contributed by atoms with Gasteiger partial charge < -0.3 is 15.4 Å². The molecule has 0 spiro atoms. The van der Waals surface area contributed by atoms with Crippen LogP contribution in [0.1, 0.15) is 19.3 Å². The molecule has 31 heavy (non-hydrogen) atoms. The number of aliphatic hydroxyl groups is 1. The molecule has 0 bridgehead atoms. The zero-order valence-corrected chi connectivity index (χ0v) is 16.7. The van der Waals surface area contributed by atoms with Crippen LogP contribution in [0.15, 0.2) is 55.1 Å². The summed E-state index contributed by atoms with van der Waals surface area (Å²) in [6, 6.07) is 10.0. The van der Waals surface area contributed by atoms with E-state index in [0.29, 0.717) is 11.6 Å². The second-order valence-electron chi connectivity index (χ2n) is 8.06. The third kappa shape index (κ3) is 3.21. The molecule has 8 nitrogen and oxygen atoms in total. The first kappa shape index (κ1) is 18.0. The SMILES string of the molecule is OC(Nc1cncc(-c2cnc3n[nH]c(-c4cc5cccnc5[nH]4)c3c2)c1)C1CCC1. The number of nitrogens with one attached hydrogen (secondary N) is 3. The number of pyridine rings is 3. The molecule has 0 aromatic carbocycles. The number of H-pyrrole nitrogens is 2. The van der Waals surface area contributed by atoms with Crippen LogP contribution in [0.5, 0.6) is 0 Å². The Morgan fingerprint density at radius 2 is 1.97 bits per heavy atom. The minimum atomic E-state index is -0.539. The van der Waals surface area contributed by atoms with E-state index in [2.05, 4.69) is 47.6 Å². The summed E-state index contributed by atoms with van der Waals surface area (Å²) in [6.45, 7) is 0. The summed E-state index contributed by atoms with van der Waals surface area (Å²) in [7, 11) is 0. The van der Waals surface area contributed by atoms with Gasteiger partial charge in [0.1, 0.15) is 11.9 Å². The van der Waals surface area contributed by atoms with Gasteiger partial charge in [0.25, 0.3) is 0 Å². The molecule has 1 aliphatic rings. The Bertz CT molecular complexity index is 1350. The quantitative estimate of drug-likeness (QED) is 0.324.